The summed E-state index contributed by atoms with van der Waals surface area (Å²) in [7, 11) is 0. The van der Waals surface area contributed by atoms with E-state index in [1.54, 1.807) is 11.1 Å². The molecule has 2 aromatic heterocycles. The topological polar surface area (TPSA) is 30.7 Å². The number of nitrogens with zero attached hydrogens (tertiary/aromatic N) is 3. The highest BCUT2D eigenvalue weighted by atomic mass is 15.2. The standard InChI is InChI=1S/C52H39N3/c1-2-11-34(12-3-1)49-42-15-7-9-17-47(42)53-51(54-49)55-48-23-20-36(30-44(48)41-21-18-33-10-4-5-13-39(33)50(41)55)35-19-22-46-43(29-35)40-14-6-8-16-45(40)52(46)37-25-31-24-32(27-37)28-38(52)26-31/h1-23,29-32,37-38H,24-28H2/i1D,2D,3D,11D,12D. The summed E-state index contributed by atoms with van der Waals surface area (Å²) < 4.78 is 45.2. The van der Waals surface area contributed by atoms with E-state index in [1.165, 1.54) is 48.8 Å². The van der Waals surface area contributed by atoms with Gasteiger partial charge < -0.3 is 0 Å². The lowest BCUT2D eigenvalue weighted by molar-refractivity contribution is -0.0399. The van der Waals surface area contributed by atoms with E-state index < -0.39 is 18.1 Å². The first-order chi connectivity index (χ1) is 29.3. The van der Waals surface area contributed by atoms with E-state index in [9.17, 15) is 0 Å². The van der Waals surface area contributed by atoms with Gasteiger partial charge in [0, 0.05) is 32.5 Å². The molecule has 2 heterocycles. The fourth-order valence-corrected chi connectivity index (χ4v) is 12.2. The quantitative estimate of drug-likeness (QED) is 0.183. The maximum Gasteiger partial charge on any atom is 0.235 e. The van der Waals surface area contributed by atoms with Crippen LogP contribution in [-0.4, -0.2) is 14.5 Å². The number of hydrogen-bond donors (Lipinski definition) is 0. The van der Waals surface area contributed by atoms with Crippen LogP contribution in [0.4, 0.5) is 0 Å². The SMILES string of the molecule is [2H]c1c([2H])c([2H])c(-c2nc(-n3c4ccc(-c5ccc6c(c5)-c5ccccc5C65C6CC7CC(C6)CC5C7)cc4c4ccc5ccccc5c43)nc3ccccc23)c([2H])c1[2H]. The Bertz CT molecular complexity index is 3310. The molecule has 0 unspecified atom stereocenters. The molecule has 0 saturated heterocycles. The van der Waals surface area contributed by atoms with Crippen LogP contribution < -0.4 is 0 Å². The summed E-state index contributed by atoms with van der Waals surface area (Å²) in [5, 5.41) is 4.86. The first-order valence-corrected chi connectivity index (χ1v) is 19.8. The molecule has 4 saturated carbocycles. The Labute approximate surface area is 327 Å². The van der Waals surface area contributed by atoms with Gasteiger partial charge in [-0.2, -0.15) is 0 Å². The van der Waals surface area contributed by atoms with Crippen LogP contribution in [0.25, 0.3) is 82.9 Å². The normalized spacial score (nSPS) is 24.6. The minimum atomic E-state index is -0.433. The van der Waals surface area contributed by atoms with Gasteiger partial charge in [0.25, 0.3) is 0 Å². The molecular weight excluding hydrogens is 667 g/mol. The Morgan fingerprint density at radius 3 is 2.11 bits per heavy atom. The molecular formula is C52H39N3. The summed E-state index contributed by atoms with van der Waals surface area (Å²) in [6.45, 7) is 0. The van der Waals surface area contributed by atoms with Crippen LogP contribution >= 0.6 is 0 Å². The third kappa shape index (κ3) is 4.06. The highest BCUT2D eigenvalue weighted by Gasteiger charge is 2.61. The second-order valence-electron chi connectivity index (χ2n) is 16.6. The zero-order valence-corrected chi connectivity index (χ0v) is 30.2. The monoisotopic (exact) mass is 710 g/mol. The van der Waals surface area contributed by atoms with E-state index >= 15 is 0 Å². The van der Waals surface area contributed by atoms with Gasteiger partial charge in [-0.05, 0) is 119 Å². The van der Waals surface area contributed by atoms with Crippen molar-refractivity contribution in [3.63, 3.8) is 0 Å². The van der Waals surface area contributed by atoms with Crippen LogP contribution in [0.5, 0.6) is 0 Å². The van der Waals surface area contributed by atoms with E-state index in [0.29, 0.717) is 22.5 Å². The van der Waals surface area contributed by atoms with Crippen molar-refractivity contribution in [2.75, 3.05) is 0 Å². The summed E-state index contributed by atoms with van der Waals surface area (Å²) in [5.74, 6) is 3.61. The molecule has 0 N–H and O–H groups in total. The molecule has 0 radical (unpaired) electrons. The van der Waals surface area contributed by atoms with Crippen molar-refractivity contribution < 1.29 is 6.85 Å². The molecule has 5 aliphatic carbocycles. The summed E-state index contributed by atoms with van der Waals surface area (Å²) in [6.07, 6.45) is 6.90. The smallest absolute Gasteiger partial charge is 0.235 e. The van der Waals surface area contributed by atoms with Crippen LogP contribution in [-0.2, 0) is 5.41 Å². The Morgan fingerprint density at radius 1 is 0.545 bits per heavy atom. The maximum absolute atomic E-state index is 8.91. The summed E-state index contributed by atoms with van der Waals surface area (Å²) in [4.78, 5) is 10.3. The van der Waals surface area contributed by atoms with Gasteiger partial charge >= 0.3 is 0 Å². The lowest BCUT2D eigenvalue weighted by atomic mass is 9.43. The van der Waals surface area contributed by atoms with E-state index in [1.807, 2.05) is 36.4 Å². The van der Waals surface area contributed by atoms with E-state index in [-0.39, 0.29) is 23.1 Å². The van der Waals surface area contributed by atoms with E-state index in [4.69, 9.17) is 16.8 Å². The zero-order chi connectivity index (χ0) is 40.2. The largest absolute Gasteiger partial charge is 0.277 e. The third-order valence-corrected chi connectivity index (χ3v) is 14.1. The average molecular weight is 711 g/mol. The number of fused-ring (bicyclic) bond motifs is 9. The Hall–Kier alpha value is -6.06. The summed E-state index contributed by atoms with van der Waals surface area (Å²) >= 11 is 0. The average Bonchev–Trinajstić information content (AvgIpc) is 3.77. The molecule has 5 aliphatic rings. The first-order valence-electron chi connectivity index (χ1n) is 22.3. The molecule has 1 spiro atoms. The van der Waals surface area contributed by atoms with Crippen molar-refractivity contribution >= 4 is 43.5 Å². The molecule has 3 nitrogen and oxygen atoms in total. The zero-order valence-electron chi connectivity index (χ0n) is 35.2. The molecule has 0 amide bonds. The van der Waals surface area contributed by atoms with Crippen LogP contribution in [0, 0.1) is 23.7 Å². The van der Waals surface area contributed by atoms with Crippen LogP contribution in [0.3, 0.4) is 0 Å². The molecule has 0 aliphatic heterocycles. The molecule has 55 heavy (non-hydrogen) atoms. The number of aromatic nitrogens is 3. The Kier molecular flexibility index (Phi) is 5.18. The van der Waals surface area contributed by atoms with Crippen molar-refractivity contribution in [1.82, 2.24) is 14.5 Å². The van der Waals surface area contributed by atoms with Gasteiger partial charge in [-0.3, -0.25) is 4.57 Å². The first kappa shape index (κ1) is 25.9. The Balaban J connectivity index is 1.04. The minimum absolute atomic E-state index is 0.0578. The van der Waals surface area contributed by atoms with Crippen molar-refractivity contribution in [1.29, 1.82) is 0 Å². The molecule has 0 atom stereocenters. The van der Waals surface area contributed by atoms with Gasteiger partial charge in [0.05, 0.1) is 29.1 Å². The van der Waals surface area contributed by atoms with Crippen LogP contribution in [0.2, 0.25) is 0 Å². The number of rotatable bonds is 3. The van der Waals surface area contributed by atoms with E-state index in [0.717, 1.165) is 61.8 Å². The summed E-state index contributed by atoms with van der Waals surface area (Å²) in [5.41, 5.74) is 11.2. The van der Waals surface area contributed by atoms with Gasteiger partial charge in [0.1, 0.15) is 0 Å². The van der Waals surface area contributed by atoms with Gasteiger partial charge in [-0.1, -0.05) is 127 Å². The van der Waals surface area contributed by atoms with Crippen molar-refractivity contribution in [2.45, 2.75) is 37.5 Å². The molecule has 3 heteroatoms. The fraction of sp³-hybridized carbons (Fsp3) is 0.192. The fourth-order valence-electron chi connectivity index (χ4n) is 12.2. The number of para-hydroxylation sites is 1. The lowest BCUT2D eigenvalue weighted by Crippen LogP contribution is -2.55. The van der Waals surface area contributed by atoms with Crippen molar-refractivity contribution in [3.8, 4) is 39.5 Å². The minimum Gasteiger partial charge on any atom is -0.277 e. The predicted octanol–water partition coefficient (Wildman–Crippen LogP) is 12.9. The van der Waals surface area contributed by atoms with Gasteiger partial charge in [-0.15, -0.1) is 0 Å². The molecule has 14 rings (SSSR count). The van der Waals surface area contributed by atoms with Gasteiger partial charge in [0.2, 0.25) is 5.95 Å². The van der Waals surface area contributed by atoms with Crippen molar-refractivity contribution in [3.05, 3.63) is 163 Å². The Morgan fingerprint density at radius 2 is 1.25 bits per heavy atom. The van der Waals surface area contributed by atoms with E-state index in [2.05, 4.69) is 89.5 Å². The molecule has 4 fully saturated rings. The molecule has 4 bridgehead atoms. The second kappa shape index (κ2) is 11.0. The number of hydrogen-bond acceptors (Lipinski definition) is 2. The molecule has 9 aromatic rings. The van der Waals surface area contributed by atoms with Gasteiger partial charge in [-0.25, -0.2) is 9.97 Å². The van der Waals surface area contributed by atoms with Crippen LogP contribution in [0.1, 0.15) is 50.1 Å². The van der Waals surface area contributed by atoms with Crippen LogP contribution in [0.15, 0.2) is 152 Å². The highest BCUT2D eigenvalue weighted by molar-refractivity contribution is 6.19. The van der Waals surface area contributed by atoms with Crippen molar-refractivity contribution in [2.24, 2.45) is 23.7 Å². The third-order valence-electron chi connectivity index (χ3n) is 14.1. The second-order valence-corrected chi connectivity index (χ2v) is 16.6. The lowest BCUT2D eigenvalue weighted by Gasteiger charge is -2.61. The predicted molar refractivity (Wildman–Crippen MR) is 226 cm³/mol. The number of benzene rings is 7. The summed E-state index contributed by atoms with van der Waals surface area (Å²) in [6, 6.07) is 41.7. The molecule has 262 valence electrons. The maximum atomic E-state index is 8.91. The molecule has 7 aromatic carbocycles. The highest BCUT2D eigenvalue weighted by Crippen LogP contribution is 2.69. The van der Waals surface area contributed by atoms with Gasteiger partial charge in [0.15, 0.2) is 0 Å².